The molecule has 30 heavy (non-hydrogen) atoms. The molecule has 0 radical (unpaired) electrons. The van der Waals surface area contributed by atoms with Gasteiger partial charge in [-0.2, -0.15) is 0 Å². The van der Waals surface area contributed by atoms with Crippen molar-refractivity contribution < 1.29 is 18.0 Å². The maximum atomic E-state index is 13.2. The minimum absolute atomic E-state index is 0.184. The highest BCUT2D eigenvalue weighted by Crippen LogP contribution is 2.23. The van der Waals surface area contributed by atoms with Crippen LogP contribution in [0.4, 0.5) is 5.69 Å². The Morgan fingerprint density at radius 2 is 1.77 bits per heavy atom. The molecule has 2 rings (SSSR count). The maximum Gasteiger partial charge on any atom is 0.244 e. The molecule has 1 atom stereocenters. The van der Waals surface area contributed by atoms with Gasteiger partial charge in [-0.05, 0) is 37.6 Å². The normalized spacial score (nSPS) is 12.2. The van der Waals surface area contributed by atoms with E-state index in [1.165, 1.54) is 11.9 Å². The quantitative estimate of drug-likeness (QED) is 0.609. The lowest BCUT2D eigenvalue weighted by Gasteiger charge is -2.31. The van der Waals surface area contributed by atoms with Crippen LogP contribution in [0.5, 0.6) is 0 Å². The number of rotatable bonds is 8. The number of nitrogens with one attached hydrogen (secondary N) is 1. The topological polar surface area (TPSA) is 86.8 Å². The molecule has 1 N–H and O–H groups in total. The summed E-state index contributed by atoms with van der Waals surface area (Å²) in [4.78, 5) is 26.9. The average molecular weight is 496 g/mol. The van der Waals surface area contributed by atoms with E-state index in [4.69, 9.17) is 0 Å². The first-order valence-corrected chi connectivity index (χ1v) is 12.0. The summed E-state index contributed by atoms with van der Waals surface area (Å²) < 4.78 is 26.6. The third kappa shape index (κ3) is 6.30. The number of benzene rings is 2. The molecule has 0 fully saturated rings. The molecule has 0 aliphatic rings. The first-order valence-electron chi connectivity index (χ1n) is 9.33. The summed E-state index contributed by atoms with van der Waals surface area (Å²) in [6.45, 7) is 3.35. The average Bonchev–Trinajstić information content (AvgIpc) is 2.69. The molecule has 162 valence electrons. The van der Waals surface area contributed by atoms with Crippen LogP contribution in [-0.4, -0.2) is 51.0 Å². The van der Waals surface area contributed by atoms with Gasteiger partial charge in [0.1, 0.15) is 12.6 Å². The second kappa shape index (κ2) is 10.1. The Bertz CT molecular complexity index is 1010. The van der Waals surface area contributed by atoms with Gasteiger partial charge in [-0.15, -0.1) is 0 Å². The summed E-state index contributed by atoms with van der Waals surface area (Å²) in [5, 5.41) is 2.55. The minimum Gasteiger partial charge on any atom is -0.357 e. The van der Waals surface area contributed by atoms with Gasteiger partial charge in [0.15, 0.2) is 0 Å². The van der Waals surface area contributed by atoms with Crippen molar-refractivity contribution in [1.29, 1.82) is 0 Å². The van der Waals surface area contributed by atoms with Crippen molar-refractivity contribution in [2.75, 3.05) is 24.2 Å². The zero-order valence-corrected chi connectivity index (χ0v) is 19.8. The van der Waals surface area contributed by atoms with Crippen molar-refractivity contribution in [2.45, 2.75) is 26.4 Å². The number of aryl methyl sites for hydroxylation is 1. The largest absolute Gasteiger partial charge is 0.357 e. The van der Waals surface area contributed by atoms with Crippen LogP contribution in [-0.2, 0) is 26.2 Å². The summed E-state index contributed by atoms with van der Waals surface area (Å²) in [5.41, 5.74) is 2.29. The highest BCUT2D eigenvalue weighted by atomic mass is 79.9. The van der Waals surface area contributed by atoms with Gasteiger partial charge in [0.05, 0.1) is 11.9 Å². The monoisotopic (exact) mass is 495 g/mol. The smallest absolute Gasteiger partial charge is 0.244 e. The molecule has 0 aromatic heterocycles. The van der Waals surface area contributed by atoms with E-state index in [9.17, 15) is 18.0 Å². The highest BCUT2D eigenvalue weighted by Gasteiger charge is 2.29. The van der Waals surface area contributed by atoms with Crippen molar-refractivity contribution in [1.82, 2.24) is 10.2 Å². The molecule has 0 bridgehead atoms. The summed E-state index contributed by atoms with van der Waals surface area (Å²) >= 11 is 3.32. The first kappa shape index (κ1) is 23.9. The Balaban J connectivity index is 2.36. The minimum atomic E-state index is -3.73. The predicted molar refractivity (Wildman–Crippen MR) is 122 cm³/mol. The molecular weight excluding hydrogens is 470 g/mol. The molecule has 0 aliphatic carbocycles. The van der Waals surface area contributed by atoms with Crippen LogP contribution < -0.4 is 9.62 Å². The van der Waals surface area contributed by atoms with E-state index in [-0.39, 0.29) is 12.5 Å². The fourth-order valence-corrected chi connectivity index (χ4v) is 4.16. The lowest BCUT2D eigenvalue weighted by atomic mass is 10.1. The van der Waals surface area contributed by atoms with E-state index in [1.54, 1.807) is 31.2 Å². The van der Waals surface area contributed by atoms with E-state index in [0.717, 1.165) is 21.7 Å². The lowest BCUT2D eigenvalue weighted by molar-refractivity contribution is -0.139. The molecule has 2 amide bonds. The van der Waals surface area contributed by atoms with Crippen molar-refractivity contribution in [3.63, 3.8) is 0 Å². The van der Waals surface area contributed by atoms with Gasteiger partial charge >= 0.3 is 0 Å². The molecule has 1 unspecified atom stereocenters. The molecule has 0 aliphatic heterocycles. The van der Waals surface area contributed by atoms with Crippen LogP contribution in [0.1, 0.15) is 18.1 Å². The number of nitrogens with zero attached hydrogens (tertiary/aromatic N) is 2. The molecule has 2 aromatic carbocycles. The Morgan fingerprint density at radius 1 is 1.13 bits per heavy atom. The number of carbonyl (C=O) groups is 2. The Morgan fingerprint density at radius 3 is 2.30 bits per heavy atom. The number of carbonyl (C=O) groups excluding carboxylic acids is 2. The number of hydrogen-bond acceptors (Lipinski definition) is 4. The van der Waals surface area contributed by atoms with Gasteiger partial charge in [0.25, 0.3) is 0 Å². The van der Waals surface area contributed by atoms with Crippen molar-refractivity contribution >= 4 is 43.5 Å². The molecule has 0 saturated heterocycles. The van der Waals surface area contributed by atoms with Crippen LogP contribution >= 0.6 is 15.9 Å². The second-order valence-corrected chi connectivity index (χ2v) is 9.87. The number of sulfonamides is 1. The highest BCUT2D eigenvalue weighted by molar-refractivity contribution is 9.10. The number of likely N-dealkylation sites (N-methyl/N-ethyl adjacent to an activating group) is 1. The van der Waals surface area contributed by atoms with E-state index in [1.807, 2.05) is 31.2 Å². The van der Waals surface area contributed by atoms with Crippen LogP contribution in [0, 0.1) is 6.92 Å². The van der Waals surface area contributed by atoms with Crippen LogP contribution in [0.15, 0.2) is 53.0 Å². The summed E-state index contributed by atoms with van der Waals surface area (Å²) in [5.74, 6) is -0.805. The van der Waals surface area contributed by atoms with Gasteiger partial charge in [-0.1, -0.05) is 51.8 Å². The standard InChI is InChI=1S/C21H26BrN3O4S/c1-15-8-10-17(11-9-15)13-24(16(2)21(27)23-3)20(26)14-25(30(4,28)29)19-7-5-6-18(22)12-19/h5-12,16H,13-14H2,1-4H3,(H,23,27). The van der Waals surface area contributed by atoms with Gasteiger partial charge < -0.3 is 10.2 Å². The fraction of sp³-hybridized carbons (Fsp3) is 0.333. The number of halogens is 1. The van der Waals surface area contributed by atoms with Crippen LogP contribution in [0.2, 0.25) is 0 Å². The number of amides is 2. The summed E-state index contributed by atoms with van der Waals surface area (Å²) in [6, 6.07) is 13.5. The molecular formula is C21H26BrN3O4S. The molecule has 2 aromatic rings. The number of anilines is 1. The Hall–Kier alpha value is -2.39. The molecule has 7 nitrogen and oxygen atoms in total. The second-order valence-electron chi connectivity index (χ2n) is 7.05. The van der Waals surface area contributed by atoms with E-state index in [2.05, 4.69) is 21.2 Å². The SMILES string of the molecule is CNC(=O)C(C)N(Cc1ccc(C)cc1)C(=O)CN(c1cccc(Br)c1)S(C)(=O)=O. The van der Waals surface area contributed by atoms with Gasteiger partial charge in [0, 0.05) is 18.1 Å². The summed E-state index contributed by atoms with van der Waals surface area (Å²) in [7, 11) is -2.23. The summed E-state index contributed by atoms with van der Waals surface area (Å²) in [6.07, 6.45) is 1.05. The van der Waals surface area contributed by atoms with Gasteiger partial charge in [0.2, 0.25) is 21.8 Å². The Labute approximate surface area is 186 Å². The molecule has 0 saturated carbocycles. The van der Waals surface area contributed by atoms with Gasteiger partial charge in [-0.3, -0.25) is 13.9 Å². The molecule has 0 heterocycles. The van der Waals surface area contributed by atoms with E-state index in [0.29, 0.717) is 10.2 Å². The zero-order chi connectivity index (χ0) is 22.5. The predicted octanol–water partition coefficient (Wildman–Crippen LogP) is 2.69. The number of hydrogen-bond donors (Lipinski definition) is 1. The molecule has 9 heteroatoms. The first-order chi connectivity index (χ1) is 14.0. The van der Waals surface area contributed by atoms with Gasteiger partial charge in [-0.25, -0.2) is 8.42 Å². The fourth-order valence-electron chi connectivity index (χ4n) is 2.93. The third-order valence-corrected chi connectivity index (χ3v) is 6.30. The van der Waals surface area contributed by atoms with Crippen LogP contribution in [0.25, 0.3) is 0 Å². The third-order valence-electron chi connectivity index (χ3n) is 4.66. The lowest BCUT2D eigenvalue weighted by Crippen LogP contribution is -2.50. The Kier molecular flexibility index (Phi) is 8.03. The van der Waals surface area contributed by atoms with Crippen LogP contribution in [0.3, 0.4) is 0 Å². The van der Waals surface area contributed by atoms with E-state index >= 15 is 0 Å². The molecule has 0 spiro atoms. The zero-order valence-electron chi connectivity index (χ0n) is 17.4. The van der Waals surface area contributed by atoms with Crippen molar-refractivity contribution in [2.24, 2.45) is 0 Å². The van der Waals surface area contributed by atoms with E-state index < -0.39 is 28.5 Å². The van der Waals surface area contributed by atoms with Crippen molar-refractivity contribution in [3.05, 3.63) is 64.1 Å². The van der Waals surface area contributed by atoms with Crippen molar-refractivity contribution in [3.8, 4) is 0 Å². The maximum absolute atomic E-state index is 13.2.